The van der Waals surface area contributed by atoms with Crippen molar-refractivity contribution in [2.24, 2.45) is 4.99 Å². The summed E-state index contributed by atoms with van der Waals surface area (Å²) in [5, 5.41) is 8.93. The molecule has 1 unspecified atom stereocenters. The predicted octanol–water partition coefficient (Wildman–Crippen LogP) is 3.15. The van der Waals surface area contributed by atoms with Crippen LogP contribution >= 0.6 is 11.3 Å². The molecule has 1 aliphatic heterocycles. The van der Waals surface area contributed by atoms with Crippen molar-refractivity contribution in [3.05, 3.63) is 46.0 Å². The van der Waals surface area contributed by atoms with Gasteiger partial charge < -0.3 is 15.1 Å². The Kier molecular flexibility index (Phi) is 5.93. The van der Waals surface area contributed by atoms with E-state index in [1.165, 1.54) is 17.7 Å². The quantitative estimate of drug-likeness (QED) is 0.623. The summed E-state index contributed by atoms with van der Waals surface area (Å²) in [5.41, 5.74) is 0. The van der Waals surface area contributed by atoms with Crippen LogP contribution in [0.4, 0.5) is 0 Å². The highest BCUT2D eigenvalue weighted by Gasteiger charge is 2.26. The van der Waals surface area contributed by atoms with Crippen LogP contribution in [0.1, 0.15) is 35.3 Å². The Morgan fingerprint density at radius 1 is 1.29 bits per heavy atom. The SMILES string of the molecule is CN=C(NCc1cccs1)NCC(c1ccc(C)o1)N1CCCC1. The van der Waals surface area contributed by atoms with Crippen molar-refractivity contribution in [2.45, 2.75) is 32.4 Å². The fourth-order valence-corrected chi connectivity index (χ4v) is 3.74. The number of nitrogens with one attached hydrogen (secondary N) is 2. The van der Waals surface area contributed by atoms with Crippen LogP contribution in [-0.2, 0) is 6.54 Å². The van der Waals surface area contributed by atoms with Crippen LogP contribution in [-0.4, -0.2) is 37.5 Å². The second-order valence-corrected chi connectivity index (χ2v) is 7.13. The van der Waals surface area contributed by atoms with Gasteiger partial charge in [0.1, 0.15) is 11.5 Å². The van der Waals surface area contributed by atoms with Gasteiger partial charge in [0, 0.05) is 18.5 Å². The van der Waals surface area contributed by atoms with Gasteiger partial charge in [-0.15, -0.1) is 11.3 Å². The Morgan fingerprint density at radius 3 is 2.75 bits per heavy atom. The standard InChI is InChI=1S/C18H26N4OS/c1-14-7-8-17(23-14)16(22-9-3-4-10-22)13-21-18(19-2)20-12-15-6-5-11-24-15/h5-8,11,16H,3-4,9-10,12-13H2,1-2H3,(H2,19,20,21). The number of aryl methyl sites for hydroxylation is 1. The Morgan fingerprint density at radius 2 is 2.12 bits per heavy atom. The maximum absolute atomic E-state index is 5.90. The molecule has 2 aromatic heterocycles. The molecule has 0 amide bonds. The third-order valence-electron chi connectivity index (χ3n) is 4.37. The molecule has 1 aliphatic rings. The Hall–Kier alpha value is -1.79. The van der Waals surface area contributed by atoms with Gasteiger partial charge in [0.05, 0.1) is 12.6 Å². The van der Waals surface area contributed by atoms with E-state index >= 15 is 0 Å². The average molecular weight is 347 g/mol. The van der Waals surface area contributed by atoms with Gasteiger partial charge in [-0.1, -0.05) is 6.07 Å². The van der Waals surface area contributed by atoms with E-state index in [4.69, 9.17) is 4.42 Å². The van der Waals surface area contributed by atoms with Crippen LogP contribution in [0.5, 0.6) is 0 Å². The fourth-order valence-electron chi connectivity index (χ4n) is 3.09. The number of hydrogen-bond acceptors (Lipinski definition) is 4. The summed E-state index contributed by atoms with van der Waals surface area (Å²) in [7, 11) is 1.81. The van der Waals surface area contributed by atoms with Crippen LogP contribution < -0.4 is 10.6 Å². The van der Waals surface area contributed by atoms with Gasteiger partial charge >= 0.3 is 0 Å². The minimum Gasteiger partial charge on any atom is -0.465 e. The summed E-state index contributed by atoms with van der Waals surface area (Å²) < 4.78 is 5.90. The number of aliphatic imine (C=N–C) groups is 1. The summed E-state index contributed by atoms with van der Waals surface area (Å²) in [6.07, 6.45) is 2.53. The smallest absolute Gasteiger partial charge is 0.191 e. The van der Waals surface area contributed by atoms with Crippen molar-refractivity contribution in [3.8, 4) is 0 Å². The molecule has 1 atom stereocenters. The van der Waals surface area contributed by atoms with Crippen LogP contribution in [0.15, 0.2) is 39.1 Å². The second-order valence-electron chi connectivity index (χ2n) is 6.09. The molecular formula is C18H26N4OS. The number of rotatable bonds is 6. The molecule has 0 bridgehead atoms. The fraction of sp³-hybridized carbons (Fsp3) is 0.500. The number of thiophene rings is 1. The van der Waals surface area contributed by atoms with Crippen LogP contribution in [0.25, 0.3) is 0 Å². The highest BCUT2D eigenvalue weighted by molar-refractivity contribution is 7.09. The summed E-state index contributed by atoms with van der Waals surface area (Å²) in [6, 6.07) is 8.59. The first-order valence-electron chi connectivity index (χ1n) is 8.53. The number of furan rings is 1. The first kappa shape index (κ1) is 17.0. The molecule has 2 N–H and O–H groups in total. The van der Waals surface area contributed by atoms with Gasteiger partial charge in [-0.05, 0) is 56.4 Å². The van der Waals surface area contributed by atoms with Gasteiger partial charge in [-0.2, -0.15) is 0 Å². The van der Waals surface area contributed by atoms with Crippen LogP contribution in [0.3, 0.4) is 0 Å². The lowest BCUT2D eigenvalue weighted by Gasteiger charge is -2.26. The summed E-state index contributed by atoms with van der Waals surface area (Å²) in [4.78, 5) is 8.13. The van der Waals surface area contributed by atoms with E-state index in [1.807, 2.05) is 20.0 Å². The van der Waals surface area contributed by atoms with Crippen molar-refractivity contribution < 1.29 is 4.42 Å². The zero-order valence-electron chi connectivity index (χ0n) is 14.4. The molecule has 2 aromatic rings. The molecule has 0 aliphatic carbocycles. The molecule has 0 spiro atoms. The predicted molar refractivity (Wildman–Crippen MR) is 99.5 cm³/mol. The third-order valence-corrected chi connectivity index (χ3v) is 5.24. The highest BCUT2D eigenvalue weighted by Crippen LogP contribution is 2.26. The molecule has 1 fully saturated rings. The first-order valence-corrected chi connectivity index (χ1v) is 9.41. The van der Waals surface area contributed by atoms with E-state index < -0.39 is 0 Å². The maximum Gasteiger partial charge on any atom is 0.191 e. The normalized spacial score (nSPS) is 17.2. The highest BCUT2D eigenvalue weighted by atomic mass is 32.1. The van der Waals surface area contributed by atoms with Crippen molar-refractivity contribution in [3.63, 3.8) is 0 Å². The van der Waals surface area contributed by atoms with E-state index in [9.17, 15) is 0 Å². The van der Waals surface area contributed by atoms with Crippen LogP contribution in [0.2, 0.25) is 0 Å². The molecule has 0 saturated carbocycles. The number of guanidine groups is 1. The minimum atomic E-state index is 0.251. The maximum atomic E-state index is 5.90. The molecular weight excluding hydrogens is 320 g/mol. The van der Waals surface area contributed by atoms with Crippen molar-refractivity contribution in [1.29, 1.82) is 0 Å². The topological polar surface area (TPSA) is 52.8 Å². The lowest BCUT2D eigenvalue weighted by atomic mass is 10.2. The van der Waals surface area contributed by atoms with E-state index in [-0.39, 0.29) is 6.04 Å². The summed E-state index contributed by atoms with van der Waals surface area (Å²) >= 11 is 1.75. The van der Waals surface area contributed by atoms with E-state index in [2.05, 4.69) is 44.1 Å². The van der Waals surface area contributed by atoms with Crippen LogP contribution in [0, 0.1) is 6.92 Å². The molecule has 24 heavy (non-hydrogen) atoms. The molecule has 3 heterocycles. The lowest BCUT2D eigenvalue weighted by molar-refractivity contribution is 0.213. The molecule has 0 aromatic carbocycles. The third kappa shape index (κ3) is 4.39. The number of nitrogens with zero attached hydrogens (tertiary/aromatic N) is 2. The summed E-state index contributed by atoms with van der Waals surface area (Å²) in [6.45, 7) is 5.85. The zero-order valence-corrected chi connectivity index (χ0v) is 15.2. The number of likely N-dealkylation sites (tertiary alicyclic amines) is 1. The van der Waals surface area contributed by atoms with E-state index in [0.717, 1.165) is 43.7 Å². The summed E-state index contributed by atoms with van der Waals surface area (Å²) in [5.74, 6) is 2.83. The van der Waals surface area contributed by atoms with Gasteiger partial charge in [0.15, 0.2) is 5.96 Å². The zero-order chi connectivity index (χ0) is 16.8. The molecule has 1 saturated heterocycles. The Bertz CT molecular complexity index is 644. The largest absolute Gasteiger partial charge is 0.465 e. The van der Waals surface area contributed by atoms with Gasteiger partial charge in [0.25, 0.3) is 0 Å². The monoisotopic (exact) mass is 346 g/mol. The minimum absolute atomic E-state index is 0.251. The lowest BCUT2D eigenvalue weighted by Crippen LogP contribution is -2.42. The average Bonchev–Trinajstić information content (AvgIpc) is 3.33. The van der Waals surface area contributed by atoms with Gasteiger partial charge in [-0.3, -0.25) is 9.89 Å². The van der Waals surface area contributed by atoms with Crippen molar-refractivity contribution >= 4 is 17.3 Å². The molecule has 0 radical (unpaired) electrons. The molecule has 5 nitrogen and oxygen atoms in total. The van der Waals surface area contributed by atoms with Crippen molar-refractivity contribution in [1.82, 2.24) is 15.5 Å². The second kappa shape index (κ2) is 8.35. The van der Waals surface area contributed by atoms with Crippen molar-refractivity contribution in [2.75, 3.05) is 26.7 Å². The van der Waals surface area contributed by atoms with Gasteiger partial charge in [-0.25, -0.2) is 0 Å². The Balaban J connectivity index is 1.59. The molecule has 3 rings (SSSR count). The first-order chi connectivity index (χ1) is 11.8. The van der Waals surface area contributed by atoms with E-state index in [1.54, 1.807) is 11.3 Å². The Labute approximate surface area is 147 Å². The number of hydrogen-bond donors (Lipinski definition) is 2. The molecule has 6 heteroatoms. The molecule has 130 valence electrons. The van der Waals surface area contributed by atoms with Gasteiger partial charge in [0.2, 0.25) is 0 Å². The van der Waals surface area contributed by atoms with E-state index in [0.29, 0.717) is 0 Å².